The van der Waals surface area contributed by atoms with Gasteiger partial charge in [-0.05, 0) is 31.9 Å². The summed E-state index contributed by atoms with van der Waals surface area (Å²) in [6, 6.07) is 3.43. The molecular weight excluding hydrogens is 312 g/mol. The number of Topliss-reactive ketones (excluding diaryl/α,β-unsaturated/α-hetero) is 1. The van der Waals surface area contributed by atoms with Gasteiger partial charge in [0.15, 0.2) is 11.5 Å². The summed E-state index contributed by atoms with van der Waals surface area (Å²) < 4.78 is 6.53. The first-order valence-electron chi connectivity index (χ1n) is 8.11. The standard InChI is InChI=1S/C17H20N2O5/c1-2-24-12(20)10-18-16(23)13-14(21)11-6-5-9-19(11)17(15(13)22)7-3-4-8-17/h5-6,9,21H,2-4,7-8,10H2,1H3,(H,18,23). The topological polar surface area (TPSA) is 97.6 Å². The van der Waals surface area contributed by atoms with Crippen molar-refractivity contribution in [3.8, 4) is 0 Å². The number of nitrogens with one attached hydrogen (secondary N) is 1. The molecule has 2 N–H and O–H groups in total. The first kappa shape index (κ1) is 16.3. The molecule has 3 rings (SSSR count). The van der Waals surface area contributed by atoms with Gasteiger partial charge < -0.3 is 19.7 Å². The van der Waals surface area contributed by atoms with Crippen molar-refractivity contribution in [3.63, 3.8) is 0 Å². The maximum absolute atomic E-state index is 13.0. The number of rotatable bonds is 4. The predicted molar refractivity (Wildman–Crippen MR) is 85.1 cm³/mol. The maximum atomic E-state index is 13.0. The maximum Gasteiger partial charge on any atom is 0.325 e. The van der Waals surface area contributed by atoms with Gasteiger partial charge in [-0.15, -0.1) is 0 Å². The van der Waals surface area contributed by atoms with Crippen LogP contribution in [0.1, 0.15) is 38.3 Å². The minimum absolute atomic E-state index is 0.207. The van der Waals surface area contributed by atoms with Gasteiger partial charge in [0.1, 0.15) is 17.7 Å². The lowest BCUT2D eigenvalue weighted by Gasteiger charge is -2.35. The van der Waals surface area contributed by atoms with Crippen molar-refractivity contribution in [3.05, 3.63) is 29.6 Å². The van der Waals surface area contributed by atoms with E-state index in [9.17, 15) is 19.5 Å². The molecule has 2 heterocycles. The van der Waals surface area contributed by atoms with Crippen LogP contribution in [0.15, 0.2) is 23.9 Å². The van der Waals surface area contributed by atoms with E-state index in [0.29, 0.717) is 18.5 Å². The van der Waals surface area contributed by atoms with Crippen LogP contribution in [0.25, 0.3) is 5.76 Å². The molecule has 0 radical (unpaired) electrons. The van der Waals surface area contributed by atoms with Gasteiger partial charge in [0.2, 0.25) is 0 Å². The highest BCUT2D eigenvalue weighted by atomic mass is 16.5. The SMILES string of the molecule is CCOC(=O)CNC(=O)C1=C(O)c2cccn2C2(CCCC2)C1=O. The highest BCUT2D eigenvalue weighted by molar-refractivity contribution is 6.27. The van der Waals surface area contributed by atoms with Crippen molar-refractivity contribution < 1.29 is 24.2 Å². The lowest BCUT2D eigenvalue weighted by molar-refractivity contribution is -0.143. The van der Waals surface area contributed by atoms with Crippen LogP contribution in [0.3, 0.4) is 0 Å². The number of aliphatic hydroxyl groups excluding tert-OH is 1. The fourth-order valence-corrected chi connectivity index (χ4v) is 3.62. The Kier molecular flexibility index (Phi) is 4.17. The lowest BCUT2D eigenvalue weighted by atomic mass is 9.83. The zero-order valence-corrected chi connectivity index (χ0v) is 13.5. The largest absolute Gasteiger partial charge is 0.505 e. The normalized spacial score (nSPS) is 18.6. The Morgan fingerprint density at radius 1 is 1.38 bits per heavy atom. The number of aromatic nitrogens is 1. The van der Waals surface area contributed by atoms with Gasteiger partial charge in [-0.2, -0.15) is 0 Å². The summed E-state index contributed by atoms with van der Waals surface area (Å²) in [6.07, 6.45) is 4.82. The molecule has 7 heteroatoms. The van der Waals surface area contributed by atoms with Crippen LogP contribution in [0.4, 0.5) is 0 Å². The van der Waals surface area contributed by atoms with Gasteiger partial charge in [-0.3, -0.25) is 14.4 Å². The van der Waals surface area contributed by atoms with E-state index in [1.54, 1.807) is 29.8 Å². The monoisotopic (exact) mass is 332 g/mol. The van der Waals surface area contributed by atoms with Crippen molar-refractivity contribution in [1.29, 1.82) is 0 Å². The molecule has 128 valence electrons. The predicted octanol–water partition coefficient (Wildman–Crippen LogP) is 1.29. The van der Waals surface area contributed by atoms with Crippen molar-refractivity contribution in [1.82, 2.24) is 9.88 Å². The molecule has 0 saturated heterocycles. The smallest absolute Gasteiger partial charge is 0.325 e. The zero-order valence-electron chi connectivity index (χ0n) is 13.5. The summed E-state index contributed by atoms with van der Waals surface area (Å²) in [4.78, 5) is 36.8. The summed E-state index contributed by atoms with van der Waals surface area (Å²) in [7, 11) is 0. The van der Waals surface area contributed by atoms with Crippen LogP contribution in [-0.2, 0) is 24.7 Å². The van der Waals surface area contributed by atoms with E-state index in [1.807, 2.05) is 0 Å². The number of carbonyl (C=O) groups is 3. The van der Waals surface area contributed by atoms with Gasteiger partial charge in [0.25, 0.3) is 5.91 Å². The van der Waals surface area contributed by atoms with Crippen LogP contribution >= 0.6 is 0 Å². The molecule has 7 nitrogen and oxygen atoms in total. The molecule has 1 spiro atoms. The zero-order chi connectivity index (χ0) is 17.3. The van der Waals surface area contributed by atoms with Gasteiger partial charge in [0.05, 0.1) is 12.3 Å². The van der Waals surface area contributed by atoms with Gasteiger partial charge in [0, 0.05) is 6.20 Å². The molecule has 2 aliphatic rings. The Bertz CT molecular complexity index is 725. The van der Waals surface area contributed by atoms with Crippen molar-refractivity contribution in [2.75, 3.05) is 13.2 Å². The highest BCUT2D eigenvalue weighted by Gasteiger charge is 2.50. The first-order valence-corrected chi connectivity index (χ1v) is 8.11. The molecule has 1 fully saturated rings. The minimum Gasteiger partial charge on any atom is -0.505 e. The minimum atomic E-state index is -0.804. The van der Waals surface area contributed by atoms with E-state index in [4.69, 9.17) is 4.74 Å². The van der Waals surface area contributed by atoms with Crippen LogP contribution < -0.4 is 5.32 Å². The third-order valence-electron chi connectivity index (χ3n) is 4.70. The van der Waals surface area contributed by atoms with E-state index in [-0.39, 0.29) is 30.3 Å². The number of esters is 1. The van der Waals surface area contributed by atoms with Crippen LogP contribution in [-0.4, -0.2) is 40.5 Å². The lowest BCUT2D eigenvalue weighted by Crippen LogP contribution is -2.47. The van der Waals surface area contributed by atoms with E-state index in [1.165, 1.54) is 0 Å². The second-order valence-corrected chi connectivity index (χ2v) is 6.04. The number of aliphatic hydroxyl groups is 1. The number of nitrogens with zero attached hydrogens (tertiary/aromatic N) is 1. The number of ketones is 1. The molecule has 0 unspecified atom stereocenters. The van der Waals surface area contributed by atoms with Crippen LogP contribution in [0.2, 0.25) is 0 Å². The Morgan fingerprint density at radius 2 is 2.08 bits per heavy atom. The molecule has 1 aromatic heterocycles. The third kappa shape index (κ3) is 2.40. The summed E-state index contributed by atoms with van der Waals surface area (Å²) in [5.74, 6) is -2.07. The van der Waals surface area contributed by atoms with E-state index in [2.05, 4.69) is 5.32 Å². The number of amides is 1. The fourth-order valence-electron chi connectivity index (χ4n) is 3.62. The van der Waals surface area contributed by atoms with E-state index >= 15 is 0 Å². The average molecular weight is 332 g/mol. The number of ether oxygens (including phenoxy) is 1. The second-order valence-electron chi connectivity index (χ2n) is 6.04. The number of fused-ring (bicyclic) bond motifs is 2. The highest BCUT2D eigenvalue weighted by Crippen LogP contribution is 2.44. The van der Waals surface area contributed by atoms with Crippen LogP contribution in [0, 0.1) is 0 Å². The number of hydrogen-bond acceptors (Lipinski definition) is 5. The van der Waals surface area contributed by atoms with Gasteiger partial charge in [-0.25, -0.2) is 0 Å². The molecule has 1 aliphatic heterocycles. The molecule has 1 aliphatic carbocycles. The Balaban J connectivity index is 1.92. The van der Waals surface area contributed by atoms with Gasteiger partial charge in [-0.1, -0.05) is 12.8 Å². The molecule has 1 aromatic rings. The first-order chi connectivity index (χ1) is 11.5. The van der Waals surface area contributed by atoms with Crippen molar-refractivity contribution >= 4 is 23.4 Å². The Hall–Kier alpha value is -2.57. The summed E-state index contributed by atoms with van der Waals surface area (Å²) in [5.41, 5.74) is -0.619. The van der Waals surface area contributed by atoms with Crippen LogP contribution in [0.5, 0.6) is 0 Å². The molecular formula is C17H20N2O5. The Morgan fingerprint density at radius 3 is 2.75 bits per heavy atom. The third-order valence-corrected chi connectivity index (χ3v) is 4.70. The van der Waals surface area contributed by atoms with Crippen molar-refractivity contribution in [2.24, 2.45) is 0 Å². The van der Waals surface area contributed by atoms with Gasteiger partial charge >= 0.3 is 5.97 Å². The molecule has 1 saturated carbocycles. The second kappa shape index (κ2) is 6.14. The summed E-state index contributed by atoms with van der Waals surface area (Å²) in [5, 5.41) is 12.8. The molecule has 1 amide bonds. The molecule has 0 atom stereocenters. The molecule has 24 heavy (non-hydrogen) atoms. The average Bonchev–Trinajstić information content (AvgIpc) is 3.21. The summed E-state index contributed by atoms with van der Waals surface area (Å²) >= 11 is 0. The quantitative estimate of drug-likeness (QED) is 0.639. The Labute approximate surface area is 139 Å². The summed E-state index contributed by atoms with van der Waals surface area (Å²) in [6.45, 7) is 1.53. The number of hydrogen-bond donors (Lipinski definition) is 2. The van der Waals surface area contributed by atoms with Crippen molar-refractivity contribution in [2.45, 2.75) is 38.1 Å². The van der Waals surface area contributed by atoms with E-state index < -0.39 is 17.4 Å². The molecule has 0 aromatic carbocycles. The molecule has 0 bridgehead atoms. The van der Waals surface area contributed by atoms with E-state index in [0.717, 1.165) is 12.8 Å². The fraction of sp³-hybridized carbons (Fsp3) is 0.471. The number of carbonyl (C=O) groups excluding carboxylic acids is 3.